The second kappa shape index (κ2) is 5.52. The fourth-order valence-corrected chi connectivity index (χ4v) is 1.94. The summed E-state index contributed by atoms with van der Waals surface area (Å²) in [5.74, 6) is -0.169. The Morgan fingerprint density at radius 2 is 2.33 bits per heavy atom. The van der Waals surface area contributed by atoms with Crippen LogP contribution >= 0.6 is 0 Å². The number of amides is 2. The molecule has 0 N–H and O–H groups in total. The van der Waals surface area contributed by atoms with Gasteiger partial charge in [0, 0.05) is 7.11 Å². The molecule has 0 aromatic carbocycles. The summed E-state index contributed by atoms with van der Waals surface area (Å²) in [5.41, 5.74) is -0.911. The Morgan fingerprint density at radius 1 is 1.72 bits per heavy atom. The van der Waals surface area contributed by atoms with Gasteiger partial charge in [-0.25, -0.2) is 9.69 Å². The third kappa shape index (κ3) is 2.56. The number of hydrogen-bond donors (Lipinski definition) is 0. The number of carbonyl (C=O) groups is 2. The van der Waals surface area contributed by atoms with Crippen molar-refractivity contribution in [1.29, 1.82) is 0 Å². The zero-order valence-corrected chi connectivity index (χ0v) is 11.4. The summed E-state index contributed by atoms with van der Waals surface area (Å²) in [6.45, 7) is 9.70. The maximum Gasteiger partial charge on any atom is 0.417 e. The van der Waals surface area contributed by atoms with Crippen molar-refractivity contribution in [1.82, 2.24) is 4.90 Å². The molecule has 0 bridgehead atoms. The maximum absolute atomic E-state index is 12.5. The molecule has 18 heavy (non-hydrogen) atoms. The van der Waals surface area contributed by atoms with Crippen LogP contribution in [0.5, 0.6) is 0 Å². The molecule has 0 spiro atoms. The molecule has 1 rings (SSSR count). The summed E-state index contributed by atoms with van der Waals surface area (Å²) in [6, 6.07) is -0.221. The van der Waals surface area contributed by atoms with Crippen LogP contribution in [0.4, 0.5) is 4.79 Å². The number of ether oxygens (including phenoxy) is 2. The summed E-state index contributed by atoms with van der Waals surface area (Å²) in [6.07, 6.45) is 0.935. The van der Waals surface area contributed by atoms with Crippen LogP contribution in [0.2, 0.25) is 0 Å². The minimum absolute atomic E-state index is 0.150. The first-order valence-corrected chi connectivity index (χ1v) is 6.00. The lowest BCUT2D eigenvalue weighted by atomic mass is 9.89. The molecule has 0 aliphatic carbocycles. The molecule has 2 amide bonds. The highest BCUT2D eigenvalue weighted by molar-refractivity contribution is 5.97. The predicted octanol–water partition coefficient (Wildman–Crippen LogP) is 1.83. The second-order valence-electron chi connectivity index (χ2n) is 5.12. The highest BCUT2D eigenvalue weighted by Gasteiger charge is 2.45. The molecule has 0 saturated carbocycles. The first-order valence-electron chi connectivity index (χ1n) is 6.00. The number of carbonyl (C=O) groups excluding carboxylic acids is 2. The molecule has 0 aromatic rings. The smallest absolute Gasteiger partial charge is 0.417 e. The summed E-state index contributed by atoms with van der Waals surface area (Å²) in [7, 11) is 1.51. The van der Waals surface area contributed by atoms with E-state index in [9.17, 15) is 9.59 Å². The van der Waals surface area contributed by atoms with Gasteiger partial charge in [-0.3, -0.25) is 4.79 Å². The Labute approximate surface area is 108 Å². The molecule has 102 valence electrons. The third-order valence-corrected chi connectivity index (χ3v) is 3.28. The lowest BCUT2D eigenvalue weighted by Gasteiger charge is -2.31. The molecule has 5 nitrogen and oxygen atoms in total. The summed E-state index contributed by atoms with van der Waals surface area (Å²) in [5, 5.41) is 0. The monoisotopic (exact) mass is 255 g/mol. The molecular weight excluding hydrogens is 234 g/mol. The quantitative estimate of drug-likeness (QED) is 0.703. The topological polar surface area (TPSA) is 55.8 Å². The van der Waals surface area contributed by atoms with Crippen molar-refractivity contribution in [3.8, 4) is 0 Å². The number of imide groups is 1. The third-order valence-electron chi connectivity index (χ3n) is 3.28. The van der Waals surface area contributed by atoms with Gasteiger partial charge in [-0.05, 0) is 12.8 Å². The molecule has 1 fully saturated rings. The van der Waals surface area contributed by atoms with Gasteiger partial charge in [0.2, 0.25) is 5.91 Å². The Hall–Kier alpha value is -1.36. The van der Waals surface area contributed by atoms with Crippen LogP contribution in [-0.4, -0.2) is 43.3 Å². The number of cyclic esters (lactones) is 1. The SMILES string of the molecule is C=C[C@](C)(COC)C(=O)N1C(=O)OC[C@@H]1C(C)C. The lowest BCUT2D eigenvalue weighted by Crippen LogP contribution is -2.49. The molecule has 1 aliphatic rings. The summed E-state index contributed by atoms with van der Waals surface area (Å²) in [4.78, 5) is 25.4. The Kier molecular flexibility index (Phi) is 4.51. The average Bonchev–Trinajstić information content (AvgIpc) is 2.70. The van der Waals surface area contributed by atoms with Crippen LogP contribution in [-0.2, 0) is 14.3 Å². The van der Waals surface area contributed by atoms with E-state index in [1.807, 2.05) is 13.8 Å². The van der Waals surface area contributed by atoms with Crippen molar-refractivity contribution < 1.29 is 19.1 Å². The van der Waals surface area contributed by atoms with Gasteiger partial charge in [-0.2, -0.15) is 0 Å². The van der Waals surface area contributed by atoms with E-state index in [0.29, 0.717) is 0 Å². The van der Waals surface area contributed by atoms with E-state index < -0.39 is 11.5 Å². The molecule has 1 heterocycles. The van der Waals surface area contributed by atoms with Gasteiger partial charge >= 0.3 is 6.09 Å². The van der Waals surface area contributed by atoms with Gasteiger partial charge in [0.05, 0.1) is 18.1 Å². The zero-order chi connectivity index (χ0) is 13.9. The van der Waals surface area contributed by atoms with Gasteiger partial charge in [0.15, 0.2) is 0 Å². The molecular formula is C13H21NO4. The van der Waals surface area contributed by atoms with Crippen LogP contribution in [0.15, 0.2) is 12.7 Å². The van der Waals surface area contributed by atoms with Crippen LogP contribution in [0.25, 0.3) is 0 Å². The predicted molar refractivity (Wildman–Crippen MR) is 67.0 cm³/mol. The molecule has 0 aromatic heterocycles. The van der Waals surface area contributed by atoms with Crippen molar-refractivity contribution in [3.63, 3.8) is 0 Å². The Bertz CT molecular complexity index is 353. The van der Waals surface area contributed by atoms with Gasteiger partial charge in [-0.1, -0.05) is 19.9 Å². The van der Waals surface area contributed by atoms with Crippen LogP contribution in [0.1, 0.15) is 20.8 Å². The van der Waals surface area contributed by atoms with E-state index in [-0.39, 0.29) is 31.1 Å². The average molecular weight is 255 g/mol. The maximum atomic E-state index is 12.5. The zero-order valence-electron chi connectivity index (χ0n) is 11.4. The highest BCUT2D eigenvalue weighted by Crippen LogP contribution is 2.28. The van der Waals surface area contributed by atoms with Crippen molar-refractivity contribution in [2.45, 2.75) is 26.8 Å². The van der Waals surface area contributed by atoms with Gasteiger partial charge in [-0.15, -0.1) is 6.58 Å². The fourth-order valence-electron chi connectivity index (χ4n) is 1.94. The Balaban J connectivity index is 2.99. The van der Waals surface area contributed by atoms with Crippen molar-refractivity contribution in [2.75, 3.05) is 20.3 Å². The van der Waals surface area contributed by atoms with Gasteiger partial charge < -0.3 is 9.47 Å². The highest BCUT2D eigenvalue weighted by atomic mass is 16.6. The minimum Gasteiger partial charge on any atom is -0.447 e. The van der Waals surface area contributed by atoms with Crippen LogP contribution < -0.4 is 0 Å². The first-order chi connectivity index (χ1) is 8.37. The van der Waals surface area contributed by atoms with E-state index in [1.165, 1.54) is 18.1 Å². The summed E-state index contributed by atoms with van der Waals surface area (Å²) < 4.78 is 10.0. The molecule has 2 atom stereocenters. The number of hydrogen-bond acceptors (Lipinski definition) is 4. The molecule has 0 radical (unpaired) electrons. The standard InChI is InChI=1S/C13H21NO4/c1-6-13(4,8-17-5)11(15)14-10(9(2)3)7-18-12(14)16/h6,9-10H,1,7-8H2,2-5H3/t10-,13-/m1/s1. The number of methoxy groups -OCH3 is 1. The number of nitrogens with zero attached hydrogens (tertiary/aromatic N) is 1. The summed E-state index contributed by atoms with van der Waals surface area (Å²) >= 11 is 0. The molecule has 5 heteroatoms. The van der Waals surface area contributed by atoms with Crippen molar-refractivity contribution in [3.05, 3.63) is 12.7 Å². The Morgan fingerprint density at radius 3 is 2.78 bits per heavy atom. The van der Waals surface area contributed by atoms with Crippen molar-refractivity contribution in [2.24, 2.45) is 11.3 Å². The van der Waals surface area contributed by atoms with Gasteiger partial charge in [0.1, 0.15) is 6.61 Å². The molecule has 1 saturated heterocycles. The molecule has 1 aliphatic heterocycles. The van der Waals surface area contributed by atoms with E-state index >= 15 is 0 Å². The van der Waals surface area contributed by atoms with E-state index in [2.05, 4.69) is 6.58 Å². The lowest BCUT2D eigenvalue weighted by molar-refractivity contribution is -0.139. The van der Waals surface area contributed by atoms with Gasteiger partial charge in [0.25, 0.3) is 0 Å². The first kappa shape index (κ1) is 14.7. The fraction of sp³-hybridized carbons (Fsp3) is 0.692. The van der Waals surface area contributed by atoms with E-state index in [4.69, 9.17) is 9.47 Å². The molecule has 0 unspecified atom stereocenters. The largest absolute Gasteiger partial charge is 0.447 e. The van der Waals surface area contributed by atoms with E-state index in [0.717, 1.165) is 0 Å². The van der Waals surface area contributed by atoms with Crippen molar-refractivity contribution >= 4 is 12.0 Å². The van der Waals surface area contributed by atoms with E-state index in [1.54, 1.807) is 6.92 Å². The minimum atomic E-state index is -0.911. The second-order valence-corrected chi connectivity index (χ2v) is 5.12. The number of rotatable bonds is 5. The van der Waals surface area contributed by atoms with Crippen LogP contribution in [0.3, 0.4) is 0 Å². The van der Waals surface area contributed by atoms with Crippen LogP contribution in [0, 0.1) is 11.3 Å². The normalized spacial score (nSPS) is 22.8.